The van der Waals surface area contributed by atoms with Gasteiger partial charge in [-0.3, -0.25) is 23.5 Å². The molecule has 0 rings (SSSR count). The third-order valence-corrected chi connectivity index (χ3v) is 0. The third-order valence-electron chi connectivity index (χ3n) is 0. The van der Waals surface area contributed by atoms with Crippen LogP contribution in [0.4, 0.5) is 23.5 Å². The van der Waals surface area contributed by atoms with E-state index < -0.39 is 0 Å². The Labute approximate surface area is 132 Å². The first-order chi connectivity index (χ1) is 0. The summed E-state index contributed by atoms with van der Waals surface area (Å²) in [6.45, 7) is 0. The predicted octanol–water partition coefficient (Wildman–Crippen LogP) is -11.2. The molecule has 0 N–H and O–H groups in total. The summed E-state index contributed by atoms with van der Waals surface area (Å²) in [6.07, 6.45) is 0. The van der Waals surface area contributed by atoms with Crippen molar-refractivity contribution in [2.45, 2.75) is 0 Å². The van der Waals surface area contributed by atoms with Crippen LogP contribution in [0.5, 0.6) is 0 Å². The summed E-state index contributed by atoms with van der Waals surface area (Å²) in [5.74, 6) is 0. The average Bonchev–Trinajstić information content (AvgIpc) is 0. The van der Waals surface area contributed by atoms with Gasteiger partial charge in [0.2, 0.25) is 0 Å². The Morgan fingerprint density at radius 2 is 0.333 bits per heavy atom. The summed E-state index contributed by atoms with van der Waals surface area (Å²) < 4.78 is 0. The molecule has 0 saturated carbocycles. The van der Waals surface area contributed by atoms with Crippen LogP contribution in [0.25, 0.3) is 0 Å². The molecule has 0 fully saturated rings. The van der Waals surface area contributed by atoms with Crippen LogP contribution >= 0.6 is 0 Å². The van der Waals surface area contributed by atoms with E-state index >= 15 is 0 Å². The van der Waals surface area contributed by atoms with Crippen molar-refractivity contribution in [2.24, 2.45) is 0 Å². The van der Waals surface area contributed by atoms with Crippen molar-refractivity contribution in [3.8, 4) is 0 Å². The van der Waals surface area contributed by atoms with E-state index in [0.717, 1.165) is 0 Å². The van der Waals surface area contributed by atoms with E-state index in [4.69, 9.17) is 0 Å². The second kappa shape index (κ2) is 133. The molecule has 0 atom stereocenters. The van der Waals surface area contributed by atoms with Crippen molar-refractivity contribution in [3.05, 3.63) is 0 Å². The van der Waals surface area contributed by atoms with Crippen LogP contribution in [0.2, 0.25) is 0 Å². The van der Waals surface area contributed by atoms with Crippen LogP contribution in [0.3, 0.4) is 0 Å². The molecule has 0 unspecified atom stereocenters. The van der Waals surface area contributed by atoms with Crippen molar-refractivity contribution in [3.63, 3.8) is 0 Å². The molecule has 0 nitrogen and oxygen atoms in total. The molecule has 0 aromatic heterocycles. The minimum atomic E-state index is 0. The van der Waals surface area contributed by atoms with E-state index in [-0.39, 0.29) is 136 Å². The van der Waals surface area contributed by atoms with E-state index in [2.05, 4.69) is 0 Å². The van der Waals surface area contributed by atoms with Gasteiger partial charge in [-0.05, 0) is 0 Å². The molecule has 0 aliphatic carbocycles. The van der Waals surface area contributed by atoms with Gasteiger partial charge in [-0.15, -0.1) is 0 Å². The molecule has 56 valence electrons. The van der Waals surface area contributed by atoms with Gasteiger partial charge in [0.15, 0.2) is 0 Å². The molecule has 9 heavy (non-hydrogen) atoms. The summed E-state index contributed by atoms with van der Waals surface area (Å²) in [7, 11) is 0. The molecule has 0 amide bonds. The molecule has 0 radical (unpaired) electrons. The maximum absolute atomic E-state index is 0. The van der Waals surface area contributed by atoms with Crippen LogP contribution in [0, 0.1) is 0 Å². The largest absolute Gasteiger partial charge is 1.00 e. The topological polar surface area (TPSA) is 0 Å². The fourth-order valence-electron chi connectivity index (χ4n) is 0. The monoisotopic (exact) mass is 216 g/mol. The van der Waals surface area contributed by atoms with Gasteiger partial charge in [-0.25, -0.2) is 0 Å². The van der Waals surface area contributed by atoms with Gasteiger partial charge in [0.1, 0.15) is 0 Å². The molecule has 0 aliphatic rings. The van der Waals surface area contributed by atoms with E-state index in [1.165, 1.54) is 0 Å². The number of hydrogen-bond acceptors (Lipinski definition) is 0. The van der Waals surface area contributed by atoms with Gasteiger partial charge < -0.3 is 9.41 Å². The van der Waals surface area contributed by atoms with Crippen LogP contribution in [0.15, 0.2) is 0 Å². The average molecular weight is 216 g/mol. The van der Waals surface area contributed by atoms with Gasteiger partial charge in [0.25, 0.3) is 0 Å². The Bertz CT molecular complexity index is 6.88. The van der Waals surface area contributed by atoms with Crippen molar-refractivity contribution in [2.75, 3.05) is 0 Å². The molecular weight excluding hydrogens is 211 g/mol. The third kappa shape index (κ3) is 107. The molecule has 0 aromatic carbocycles. The molecule has 0 aromatic rings. The Hall–Kier alpha value is 2.78. The fourth-order valence-corrected chi connectivity index (χ4v) is 0. The van der Waals surface area contributed by atoms with Gasteiger partial charge in [0.05, 0.1) is 0 Å². The maximum Gasteiger partial charge on any atom is 1.00 e. The summed E-state index contributed by atoms with van der Waals surface area (Å²) in [5, 5.41) is 0. The van der Waals surface area contributed by atoms with E-state index in [1.54, 1.807) is 0 Å². The fraction of sp³-hybridized carbons (Fsp3) is 0. The molecular formula is H5F7K2. The van der Waals surface area contributed by atoms with E-state index in [9.17, 15) is 0 Å². The van der Waals surface area contributed by atoms with Gasteiger partial charge in [-0.1, -0.05) is 0 Å². The minimum Gasteiger partial charge on any atom is -1.00 e. The SMILES string of the molecule is F.F.F.F.F.[F-].[F-].[K+].[K+]. The predicted molar refractivity (Wildman–Crippen MR) is 12.5 cm³/mol. The zero-order valence-corrected chi connectivity index (χ0v) is 11.0. The zero-order valence-electron chi connectivity index (χ0n) is 4.80. The van der Waals surface area contributed by atoms with Gasteiger partial charge in [0, 0.05) is 0 Å². The van der Waals surface area contributed by atoms with Crippen molar-refractivity contribution in [1.82, 2.24) is 0 Å². The number of rotatable bonds is 0. The number of halogens is 7. The molecule has 0 spiro atoms. The zero-order chi connectivity index (χ0) is 0. The van der Waals surface area contributed by atoms with E-state index in [0.29, 0.717) is 0 Å². The quantitative estimate of drug-likeness (QED) is 0.279. The van der Waals surface area contributed by atoms with Crippen molar-refractivity contribution >= 4 is 0 Å². The Morgan fingerprint density at radius 1 is 0.333 bits per heavy atom. The summed E-state index contributed by atoms with van der Waals surface area (Å²) >= 11 is 0. The van der Waals surface area contributed by atoms with Crippen LogP contribution < -0.4 is 112 Å². The minimum absolute atomic E-state index is 0. The van der Waals surface area contributed by atoms with Crippen molar-refractivity contribution < 1.29 is 136 Å². The molecule has 0 bridgehead atoms. The summed E-state index contributed by atoms with van der Waals surface area (Å²) in [6, 6.07) is 0. The molecule has 0 aliphatic heterocycles. The van der Waals surface area contributed by atoms with Gasteiger partial charge >= 0.3 is 103 Å². The maximum atomic E-state index is 0. The second-order valence-electron chi connectivity index (χ2n) is 0. The summed E-state index contributed by atoms with van der Waals surface area (Å²) in [5.41, 5.74) is 0. The van der Waals surface area contributed by atoms with Crippen LogP contribution in [-0.4, -0.2) is 0 Å². The van der Waals surface area contributed by atoms with Gasteiger partial charge in [-0.2, -0.15) is 0 Å². The number of hydrogen-bond donors (Lipinski definition) is 0. The normalized spacial score (nSPS) is 0. The Morgan fingerprint density at radius 3 is 0.333 bits per heavy atom. The Kier molecular flexibility index (Phi) is 2620. The first-order valence-corrected chi connectivity index (χ1v) is 0. The smallest absolute Gasteiger partial charge is 1.00 e. The molecule has 0 saturated heterocycles. The van der Waals surface area contributed by atoms with Crippen molar-refractivity contribution in [1.29, 1.82) is 0 Å². The standard InChI is InChI=1S/7FH.2K/h7*1H;;/q;;;;;;;2*+1/p-2. The molecule has 9 heteroatoms. The second-order valence-corrected chi connectivity index (χ2v) is 0. The Balaban J connectivity index is 0. The molecule has 0 heterocycles. The first-order valence-electron chi connectivity index (χ1n) is 0. The van der Waals surface area contributed by atoms with Crippen LogP contribution in [-0.2, 0) is 0 Å². The van der Waals surface area contributed by atoms with Crippen LogP contribution in [0.1, 0.15) is 0 Å². The first kappa shape index (κ1) is 177. The summed E-state index contributed by atoms with van der Waals surface area (Å²) in [4.78, 5) is 0. The van der Waals surface area contributed by atoms with E-state index in [1.807, 2.05) is 0 Å².